The molecule has 0 radical (unpaired) electrons. The highest BCUT2D eigenvalue weighted by Crippen LogP contribution is 2.25. The highest BCUT2D eigenvalue weighted by molar-refractivity contribution is 6.31. The molecule has 110 valence electrons. The van der Waals surface area contributed by atoms with Crippen molar-refractivity contribution in [1.82, 2.24) is 19.3 Å². The predicted octanol–water partition coefficient (Wildman–Crippen LogP) is 2.49. The zero-order chi connectivity index (χ0) is 15.0. The summed E-state index contributed by atoms with van der Waals surface area (Å²) in [5.41, 5.74) is 9.75. The number of nitrogens with two attached hydrogens (primary N) is 1. The molecule has 3 rings (SSSR count). The van der Waals surface area contributed by atoms with E-state index >= 15 is 0 Å². The first kappa shape index (κ1) is 14.1. The van der Waals surface area contributed by atoms with Gasteiger partial charge in [-0.25, -0.2) is 4.98 Å². The van der Waals surface area contributed by atoms with Crippen molar-refractivity contribution in [3.05, 3.63) is 46.5 Å². The second-order valence-corrected chi connectivity index (χ2v) is 5.42. The van der Waals surface area contributed by atoms with Gasteiger partial charge in [0.1, 0.15) is 5.65 Å². The number of halogens is 1. The largest absolute Gasteiger partial charge is 0.326 e. The van der Waals surface area contributed by atoms with Crippen molar-refractivity contribution in [2.75, 3.05) is 0 Å². The van der Waals surface area contributed by atoms with E-state index in [1.54, 1.807) is 6.20 Å². The van der Waals surface area contributed by atoms with Crippen LogP contribution in [-0.4, -0.2) is 19.3 Å². The summed E-state index contributed by atoms with van der Waals surface area (Å²) in [6.45, 7) is 3.18. The number of aryl methyl sites for hydroxylation is 2. The minimum Gasteiger partial charge on any atom is -0.326 e. The summed E-state index contributed by atoms with van der Waals surface area (Å²) in [5, 5.41) is 6.29. The summed E-state index contributed by atoms with van der Waals surface area (Å²) in [6, 6.07) is 3.97. The SMILES string of the molecule is CCc1nn(C)c(Cn2cc(CN)c3cccnc32)c1Cl. The summed E-state index contributed by atoms with van der Waals surface area (Å²) in [6.07, 6.45) is 4.67. The average Bonchev–Trinajstić information content (AvgIpc) is 2.99. The highest BCUT2D eigenvalue weighted by atomic mass is 35.5. The standard InChI is InChI=1S/C15H18ClN5/c1-3-12-14(16)13(20(2)19-12)9-21-8-10(7-17)11-5-4-6-18-15(11)21/h4-6,8H,3,7,9,17H2,1-2H3. The fourth-order valence-corrected chi connectivity index (χ4v) is 2.98. The van der Waals surface area contributed by atoms with E-state index in [1.807, 2.05) is 30.1 Å². The molecular formula is C15H18ClN5. The van der Waals surface area contributed by atoms with Gasteiger partial charge in [0, 0.05) is 31.4 Å². The monoisotopic (exact) mass is 303 g/mol. The zero-order valence-electron chi connectivity index (χ0n) is 12.2. The molecule has 0 amide bonds. The van der Waals surface area contributed by atoms with Crippen LogP contribution in [-0.2, 0) is 26.6 Å². The van der Waals surface area contributed by atoms with Gasteiger partial charge in [0.15, 0.2) is 0 Å². The maximum atomic E-state index is 6.43. The summed E-state index contributed by atoms with van der Waals surface area (Å²) < 4.78 is 3.93. The Labute approximate surface area is 128 Å². The van der Waals surface area contributed by atoms with Gasteiger partial charge < -0.3 is 10.3 Å². The summed E-state index contributed by atoms with van der Waals surface area (Å²) in [7, 11) is 1.92. The quantitative estimate of drug-likeness (QED) is 0.805. The number of rotatable bonds is 4. The van der Waals surface area contributed by atoms with Crippen LogP contribution in [0.3, 0.4) is 0 Å². The lowest BCUT2D eigenvalue weighted by atomic mass is 10.2. The number of nitrogens with zero attached hydrogens (tertiary/aromatic N) is 4. The van der Waals surface area contributed by atoms with Crippen molar-refractivity contribution in [2.45, 2.75) is 26.4 Å². The molecule has 21 heavy (non-hydrogen) atoms. The van der Waals surface area contributed by atoms with Gasteiger partial charge in [-0.2, -0.15) is 5.10 Å². The molecule has 0 bridgehead atoms. The van der Waals surface area contributed by atoms with Crippen LogP contribution in [0.15, 0.2) is 24.5 Å². The van der Waals surface area contributed by atoms with E-state index in [1.165, 1.54) is 0 Å². The fourth-order valence-electron chi connectivity index (χ4n) is 2.63. The molecule has 0 atom stereocenters. The fraction of sp³-hybridized carbons (Fsp3) is 0.333. The molecule has 0 aliphatic heterocycles. The van der Waals surface area contributed by atoms with Crippen molar-refractivity contribution in [2.24, 2.45) is 12.8 Å². The summed E-state index contributed by atoms with van der Waals surface area (Å²) in [5.74, 6) is 0. The maximum Gasteiger partial charge on any atom is 0.140 e. The number of aromatic nitrogens is 4. The van der Waals surface area contributed by atoms with Gasteiger partial charge in [-0.05, 0) is 24.1 Å². The molecule has 3 heterocycles. The highest BCUT2D eigenvalue weighted by Gasteiger charge is 2.15. The first-order chi connectivity index (χ1) is 10.2. The lowest BCUT2D eigenvalue weighted by molar-refractivity contribution is 0.667. The summed E-state index contributed by atoms with van der Waals surface area (Å²) >= 11 is 6.43. The minimum atomic E-state index is 0.495. The van der Waals surface area contributed by atoms with Gasteiger partial charge in [-0.3, -0.25) is 4.68 Å². The third kappa shape index (κ3) is 2.32. The Morgan fingerprint density at radius 1 is 1.38 bits per heavy atom. The minimum absolute atomic E-state index is 0.495. The molecule has 0 aromatic carbocycles. The average molecular weight is 304 g/mol. The van der Waals surface area contributed by atoms with E-state index in [-0.39, 0.29) is 0 Å². The molecule has 3 aromatic rings. The molecule has 0 unspecified atom stereocenters. The van der Waals surface area contributed by atoms with Crippen LogP contribution in [0.4, 0.5) is 0 Å². The first-order valence-corrected chi connectivity index (χ1v) is 7.36. The van der Waals surface area contributed by atoms with Crippen LogP contribution in [0.5, 0.6) is 0 Å². The van der Waals surface area contributed by atoms with Crippen LogP contribution >= 0.6 is 11.6 Å². The van der Waals surface area contributed by atoms with E-state index in [4.69, 9.17) is 17.3 Å². The lowest BCUT2D eigenvalue weighted by Gasteiger charge is -2.06. The smallest absolute Gasteiger partial charge is 0.140 e. The number of hydrogen-bond donors (Lipinski definition) is 1. The molecule has 0 spiro atoms. The second kappa shape index (κ2) is 5.50. The maximum absolute atomic E-state index is 6.43. The van der Waals surface area contributed by atoms with Crippen molar-refractivity contribution < 1.29 is 0 Å². The molecule has 5 nitrogen and oxygen atoms in total. The number of fused-ring (bicyclic) bond motifs is 1. The van der Waals surface area contributed by atoms with Gasteiger partial charge in [0.25, 0.3) is 0 Å². The predicted molar refractivity (Wildman–Crippen MR) is 84.3 cm³/mol. The zero-order valence-corrected chi connectivity index (χ0v) is 12.9. The lowest BCUT2D eigenvalue weighted by Crippen LogP contribution is -2.05. The third-order valence-corrected chi connectivity index (χ3v) is 4.20. The number of hydrogen-bond acceptors (Lipinski definition) is 3. The molecule has 0 saturated carbocycles. The molecule has 0 aliphatic carbocycles. The van der Waals surface area contributed by atoms with Gasteiger partial charge in [0.05, 0.1) is 23.0 Å². The molecule has 6 heteroatoms. The third-order valence-electron chi connectivity index (χ3n) is 3.76. The summed E-state index contributed by atoms with van der Waals surface area (Å²) in [4.78, 5) is 4.47. The van der Waals surface area contributed by atoms with E-state index in [0.717, 1.165) is 39.4 Å². The Balaban J connectivity index is 2.08. The van der Waals surface area contributed by atoms with E-state index < -0.39 is 0 Å². The first-order valence-electron chi connectivity index (χ1n) is 6.98. The molecule has 3 aromatic heterocycles. The topological polar surface area (TPSA) is 61.7 Å². The Kier molecular flexibility index (Phi) is 3.69. The number of pyridine rings is 1. The van der Waals surface area contributed by atoms with Crippen molar-refractivity contribution >= 4 is 22.6 Å². The van der Waals surface area contributed by atoms with E-state index in [0.29, 0.717) is 13.1 Å². The van der Waals surface area contributed by atoms with Crippen LogP contribution in [0, 0.1) is 0 Å². The van der Waals surface area contributed by atoms with Crippen LogP contribution in [0.25, 0.3) is 11.0 Å². The van der Waals surface area contributed by atoms with Crippen LogP contribution in [0.1, 0.15) is 23.9 Å². The van der Waals surface area contributed by atoms with Gasteiger partial charge in [-0.15, -0.1) is 0 Å². The van der Waals surface area contributed by atoms with Crippen molar-refractivity contribution in [3.63, 3.8) is 0 Å². The van der Waals surface area contributed by atoms with E-state index in [2.05, 4.69) is 21.6 Å². The Morgan fingerprint density at radius 2 is 2.19 bits per heavy atom. The molecule has 0 fully saturated rings. The van der Waals surface area contributed by atoms with E-state index in [9.17, 15) is 0 Å². The van der Waals surface area contributed by atoms with Crippen LogP contribution in [0.2, 0.25) is 5.02 Å². The second-order valence-electron chi connectivity index (χ2n) is 5.05. The Morgan fingerprint density at radius 3 is 2.86 bits per heavy atom. The van der Waals surface area contributed by atoms with Crippen molar-refractivity contribution in [1.29, 1.82) is 0 Å². The van der Waals surface area contributed by atoms with Gasteiger partial charge in [0.2, 0.25) is 0 Å². The Bertz CT molecular complexity index is 787. The molecule has 0 saturated heterocycles. The molecule has 0 aliphatic rings. The molecular weight excluding hydrogens is 286 g/mol. The Hall–Kier alpha value is -1.85. The normalized spacial score (nSPS) is 11.4. The molecule has 2 N–H and O–H groups in total. The van der Waals surface area contributed by atoms with Crippen LogP contribution < -0.4 is 5.73 Å². The van der Waals surface area contributed by atoms with Gasteiger partial charge >= 0.3 is 0 Å². The van der Waals surface area contributed by atoms with Gasteiger partial charge in [-0.1, -0.05) is 18.5 Å². The van der Waals surface area contributed by atoms with Crippen molar-refractivity contribution in [3.8, 4) is 0 Å².